The van der Waals surface area contributed by atoms with E-state index in [1.54, 1.807) is 57.2 Å². The van der Waals surface area contributed by atoms with E-state index in [1.807, 2.05) is 24.3 Å². The topological polar surface area (TPSA) is 126 Å². The van der Waals surface area contributed by atoms with Gasteiger partial charge in [0, 0.05) is 13.2 Å². The SMILES string of the molecule is CCOC(C)(OCC)P(=O)(CC(=O)N[C@@H](CC(=O)OCc1ccccc1)C(=O)OCc1ccccc1)OCC. The summed E-state index contributed by atoms with van der Waals surface area (Å²) in [5, 5.41) is 2.47. The molecule has 1 unspecified atom stereocenters. The van der Waals surface area contributed by atoms with Gasteiger partial charge in [-0.15, -0.1) is 0 Å². The minimum absolute atomic E-state index is 0.0000125. The molecule has 10 nitrogen and oxygen atoms in total. The predicted octanol–water partition coefficient (Wildman–Crippen LogP) is 4.41. The molecule has 0 heterocycles. The molecule has 11 heteroatoms. The van der Waals surface area contributed by atoms with E-state index in [1.165, 1.54) is 6.92 Å². The van der Waals surface area contributed by atoms with Crippen molar-refractivity contribution in [2.75, 3.05) is 26.0 Å². The van der Waals surface area contributed by atoms with Gasteiger partial charge in [-0.05, 0) is 38.8 Å². The van der Waals surface area contributed by atoms with Crippen molar-refractivity contribution in [3.8, 4) is 0 Å². The molecule has 0 aliphatic carbocycles. The van der Waals surface area contributed by atoms with Crippen molar-refractivity contribution in [1.29, 1.82) is 0 Å². The lowest BCUT2D eigenvalue weighted by Gasteiger charge is -2.35. The van der Waals surface area contributed by atoms with Crippen molar-refractivity contribution >= 4 is 25.2 Å². The first-order valence-corrected chi connectivity index (χ1v) is 14.7. The average molecular weight is 564 g/mol. The van der Waals surface area contributed by atoms with E-state index in [-0.39, 0.29) is 33.0 Å². The fourth-order valence-electron chi connectivity index (χ4n) is 3.70. The van der Waals surface area contributed by atoms with Crippen LogP contribution in [-0.2, 0) is 55.6 Å². The average Bonchev–Trinajstić information content (AvgIpc) is 2.91. The molecule has 2 aromatic carbocycles. The van der Waals surface area contributed by atoms with Crippen LogP contribution in [0.4, 0.5) is 0 Å². The van der Waals surface area contributed by atoms with Gasteiger partial charge >= 0.3 is 11.9 Å². The lowest BCUT2D eigenvalue weighted by Crippen LogP contribution is -2.46. The Kier molecular flexibility index (Phi) is 13.3. The van der Waals surface area contributed by atoms with E-state index in [2.05, 4.69) is 5.32 Å². The molecule has 0 fully saturated rings. The molecule has 2 atom stereocenters. The van der Waals surface area contributed by atoms with E-state index >= 15 is 0 Å². The smallest absolute Gasteiger partial charge is 0.329 e. The summed E-state index contributed by atoms with van der Waals surface area (Å²) in [7, 11) is -3.89. The lowest BCUT2D eigenvalue weighted by atomic mass is 10.2. The van der Waals surface area contributed by atoms with Crippen molar-refractivity contribution in [3.05, 3.63) is 71.8 Å². The van der Waals surface area contributed by atoms with Gasteiger partial charge in [0.15, 0.2) is 0 Å². The molecule has 2 rings (SSSR count). The van der Waals surface area contributed by atoms with Gasteiger partial charge in [0.05, 0.1) is 13.0 Å². The molecule has 0 saturated carbocycles. The van der Waals surface area contributed by atoms with Gasteiger partial charge in [0.25, 0.3) is 7.37 Å². The van der Waals surface area contributed by atoms with E-state index in [4.69, 9.17) is 23.5 Å². The van der Waals surface area contributed by atoms with Crippen LogP contribution in [0.1, 0.15) is 45.2 Å². The van der Waals surface area contributed by atoms with E-state index in [0.29, 0.717) is 0 Å². The van der Waals surface area contributed by atoms with Crippen LogP contribution in [0.5, 0.6) is 0 Å². The second-order valence-electron chi connectivity index (χ2n) is 8.58. The number of hydrogen-bond donors (Lipinski definition) is 1. The second kappa shape index (κ2) is 16.2. The van der Waals surface area contributed by atoms with Crippen LogP contribution in [0.3, 0.4) is 0 Å². The summed E-state index contributed by atoms with van der Waals surface area (Å²) in [4.78, 5) is 38.7. The summed E-state index contributed by atoms with van der Waals surface area (Å²) in [6.45, 7) is 6.80. The summed E-state index contributed by atoms with van der Waals surface area (Å²) >= 11 is 0. The Morgan fingerprint density at radius 2 is 1.33 bits per heavy atom. The third-order valence-corrected chi connectivity index (χ3v) is 8.46. The first-order valence-electron chi connectivity index (χ1n) is 12.9. The normalized spacial score (nSPS) is 13.6. The van der Waals surface area contributed by atoms with Gasteiger partial charge in [0.1, 0.15) is 25.4 Å². The number of carbonyl (C=O) groups excluding carboxylic acids is 3. The molecule has 214 valence electrons. The second-order valence-corrected chi connectivity index (χ2v) is 11.3. The summed E-state index contributed by atoms with van der Waals surface area (Å²) < 4.78 is 41.2. The highest BCUT2D eigenvalue weighted by molar-refractivity contribution is 7.61. The number of rotatable bonds is 17. The maximum Gasteiger partial charge on any atom is 0.329 e. The number of benzene rings is 2. The van der Waals surface area contributed by atoms with E-state index < -0.39 is 49.4 Å². The van der Waals surface area contributed by atoms with Crippen LogP contribution < -0.4 is 5.32 Å². The fraction of sp³-hybridized carbons (Fsp3) is 0.464. The minimum atomic E-state index is -3.89. The molecule has 0 radical (unpaired) electrons. The Balaban J connectivity index is 2.17. The molecule has 1 amide bonds. The van der Waals surface area contributed by atoms with Crippen LogP contribution in [-0.4, -0.2) is 55.4 Å². The van der Waals surface area contributed by atoms with Crippen LogP contribution in [0.25, 0.3) is 0 Å². The van der Waals surface area contributed by atoms with Gasteiger partial charge in [-0.3, -0.25) is 14.2 Å². The van der Waals surface area contributed by atoms with Gasteiger partial charge < -0.3 is 28.8 Å². The highest BCUT2D eigenvalue weighted by Gasteiger charge is 2.49. The molecule has 0 saturated heterocycles. The molecule has 39 heavy (non-hydrogen) atoms. The van der Waals surface area contributed by atoms with Gasteiger partial charge in [-0.2, -0.15) is 0 Å². The molecular weight excluding hydrogens is 525 g/mol. The number of nitrogens with one attached hydrogen (secondary N) is 1. The zero-order chi connectivity index (χ0) is 28.7. The Bertz CT molecular complexity index is 1090. The molecular formula is C28H38NO9P. The number of hydrogen-bond acceptors (Lipinski definition) is 9. The number of carbonyl (C=O) groups is 3. The first kappa shape index (κ1) is 32.2. The highest BCUT2D eigenvalue weighted by atomic mass is 31.2. The number of ether oxygens (including phenoxy) is 4. The van der Waals surface area contributed by atoms with Gasteiger partial charge in [-0.1, -0.05) is 60.7 Å². The summed E-state index contributed by atoms with van der Waals surface area (Å²) in [5.74, 6) is -2.36. The maximum atomic E-state index is 13.8. The lowest BCUT2D eigenvalue weighted by molar-refractivity contribution is -0.168. The predicted molar refractivity (Wildman–Crippen MR) is 145 cm³/mol. The zero-order valence-electron chi connectivity index (χ0n) is 22.9. The summed E-state index contributed by atoms with van der Waals surface area (Å²) in [6, 6.07) is 16.6. The molecule has 0 aliphatic heterocycles. The maximum absolute atomic E-state index is 13.8. The van der Waals surface area contributed by atoms with Crippen molar-refractivity contribution in [2.45, 2.75) is 58.9 Å². The van der Waals surface area contributed by atoms with Crippen LogP contribution in [0.15, 0.2) is 60.7 Å². The quantitative estimate of drug-likeness (QED) is 0.169. The van der Waals surface area contributed by atoms with E-state index in [9.17, 15) is 18.9 Å². The number of amides is 1. The van der Waals surface area contributed by atoms with Crippen molar-refractivity contribution in [2.24, 2.45) is 0 Å². The van der Waals surface area contributed by atoms with Crippen LogP contribution >= 0.6 is 7.37 Å². The first-order chi connectivity index (χ1) is 18.7. The minimum Gasteiger partial charge on any atom is -0.461 e. The molecule has 0 aliphatic rings. The van der Waals surface area contributed by atoms with Crippen molar-refractivity contribution in [1.82, 2.24) is 5.32 Å². The summed E-state index contributed by atoms with van der Waals surface area (Å²) in [5.41, 5.74) is -0.184. The monoisotopic (exact) mass is 563 g/mol. The van der Waals surface area contributed by atoms with Crippen LogP contribution in [0, 0.1) is 0 Å². The van der Waals surface area contributed by atoms with Crippen molar-refractivity contribution in [3.63, 3.8) is 0 Å². The molecule has 0 bridgehead atoms. The fourth-order valence-corrected chi connectivity index (χ4v) is 5.86. The third-order valence-electron chi connectivity index (χ3n) is 5.59. The zero-order valence-corrected chi connectivity index (χ0v) is 23.8. The third kappa shape index (κ3) is 10.2. The van der Waals surface area contributed by atoms with Gasteiger partial charge in [0.2, 0.25) is 11.4 Å². The van der Waals surface area contributed by atoms with Crippen molar-refractivity contribution < 1.29 is 42.4 Å². The Labute approximate surface area is 229 Å². The number of esters is 2. The summed E-state index contributed by atoms with van der Waals surface area (Å²) in [6.07, 6.45) is -1.13. The standard InChI is InChI=1S/C28H38NO9P/c1-5-36-28(4,37-6-2)39(33,38-7-3)21-25(30)29-24(27(32)35-20-23-16-12-9-13-17-23)18-26(31)34-19-22-14-10-8-11-15-22/h8-17,24H,5-7,18-21H2,1-4H3,(H,29,30)/t24-,39?/m0/s1. The molecule has 0 spiro atoms. The van der Waals surface area contributed by atoms with Crippen LogP contribution in [0.2, 0.25) is 0 Å². The molecule has 0 aromatic heterocycles. The Morgan fingerprint density at radius 1 is 0.821 bits per heavy atom. The molecule has 2 aromatic rings. The molecule has 1 N–H and O–H groups in total. The highest BCUT2D eigenvalue weighted by Crippen LogP contribution is 2.59. The Hall–Kier alpha value is -3.04. The van der Waals surface area contributed by atoms with Gasteiger partial charge in [-0.25, -0.2) is 4.79 Å². The Morgan fingerprint density at radius 3 is 1.82 bits per heavy atom. The largest absolute Gasteiger partial charge is 0.461 e. The van der Waals surface area contributed by atoms with E-state index in [0.717, 1.165) is 11.1 Å².